The zero-order valence-corrected chi connectivity index (χ0v) is 23.3. The van der Waals surface area contributed by atoms with Crippen molar-refractivity contribution in [3.8, 4) is 0 Å². The maximum atomic E-state index is 14.2. The summed E-state index contributed by atoms with van der Waals surface area (Å²) in [6, 6.07) is 1.73. The van der Waals surface area contributed by atoms with E-state index < -0.39 is 45.8 Å². The molecule has 0 radical (unpaired) electrons. The lowest BCUT2D eigenvalue weighted by Crippen LogP contribution is -2.57. The Morgan fingerprint density at radius 1 is 1.31 bits per heavy atom. The standard InChI is InChI=1S/C27H35N5O6S/c1-16(2)14-19(31-26(34)25-18(4)24-22(38-25)8-7-13-29-24)27(35)32(20-11-10-17(3)30-15-21(20)33)39(36,37)23-9-5-6-12-28-23/h5-9,12-13,16-17,19-20,25,29-30H,10-11,14-15H2,1-4H3,(H,31,34)/t17-,19+,20+,25?/m1/s1/i/hD. The molecule has 1 aromatic rings. The number of carbonyl (C=O) groups excluding carboxylic acids is 3. The molecule has 210 valence electrons. The molecule has 1 fully saturated rings. The second-order valence-electron chi connectivity index (χ2n) is 10.4. The molecule has 3 aliphatic rings. The lowest BCUT2D eigenvalue weighted by atomic mass is 10.0. The first-order valence-electron chi connectivity index (χ1n) is 13.5. The minimum Gasteiger partial charge on any atom is -0.474 e. The minimum absolute atomic E-state index is 0.0472. The minimum atomic E-state index is -4.55. The third-order valence-electron chi connectivity index (χ3n) is 6.87. The largest absolute Gasteiger partial charge is 0.474 e. The first-order chi connectivity index (χ1) is 18.9. The summed E-state index contributed by atoms with van der Waals surface area (Å²) in [7, 11) is -4.55. The van der Waals surface area contributed by atoms with E-state index in [-0.39, 0.29) is 36.4 Å². The zero-order valence-electron chi connectivity index (χ0n) is 23.5. The van der Waals surface area contributed by atoms with Crippen LogP contribution in [0.1, 0.15) is 47.0 Å². The zero-order chi connectivity index (χ0) is 29.2. The maximum Gasteiger partial charge on any atom is 0.284 e. The van der Waals surface area contributed by atoms with Gasteiger partial charge in [-0.15, -0.1) is 0 Å². The molecule has 4 atom stereocenters. The highest BCUT2D eigenvalue weighted by molar-refractivity contribution is 7.89. The molecular weight excluding hydrogens is 522 g/mol. The summed E-state index contributed by atoms with van der Waals surface area (Å²) in [4.78, 5) is 44.8. The summed E-state index contributed by atoms with van der Waals surface area (Å²) in [5.74, 6) is -1.76. The molecule has 3 aliphatic heterocycles. The number of ketones is 1. The molecule has 2 amide bonds. The van der Waals surface area contributed by atoms with E-state index in [1.807, 2.05) is 20.8 Å². The van der Waals surface area contributed by atoms with Gasteiger partial charge in [-0.1, -0.05) is 19.9 Å². The lowest BCUT2D eigenvalue weighted by Gasteiger charge is -2.33. The fourth-order valence-electron chi connectivity index (χ4n) is 4.82. The van der Waals surface area contributed by atoms with Crippen molar-refractivity contribution in [1.29, 1.82) is 0 Å². The van der Waals surface area contributed by atoms with Crippen LogP contribution in [0.3, 0.4) is 0 Å². The van der Waals surface area contributed by atoms with Gasteiger partial charge in [0.15, 0.2) is 18.3 Å². The fourth-order valence-corrected chi connectivity index (χ4v) is 6.39. The van der Waals surface area contributed by atoms with Crippen molar-refractivity contribution in [2.45, 2.75) is 76.2 Å². The molecule has 4 rings (SSSR count). The number of ether oxygens (including phenoxy) is 1. The molecule has 0 saturated carbocycles. The summed E-state index contributed by atoms with van der Waals surface area (Å²) in [5, 5.41) is 6.49. The molecule has 0 aliphatic carbocycles. The predicted molar refractivity (Wildman–Crippen MR) is 143 cm³/mol. The molecular formula is C27H35N5O6S. The SMILES string of the molecule is [2H]N1C=CC=C2OC(C(=O)N[C@@H](CC(C)C)C(=O)N([C@H]3CC[C@@H](C)NCC3=O)S(=O)(=O)c3ccccn3)C(C)=C21. The van der Waals surface area contributed by atoms with E-state index in [4.69, 9.17) is 6.15 Å². The van der Waals surface area contributed by atoms with Gasteiger partial charge >= 0.3 is 0 Å². The fraction of sp³-hybridized carbons (Fsp3) is 0.481. The summed E-state index contributed by atoms with van der Waals surface area (Å²) >= 11 is 0. The number of pyridine rings is 1. The average Bonchev–Trinajstić information content (AvgIpc) is 3.17. The second-order valence-corrected chi connectivity index (χ2v) is 12.1. The monoisotopic (exact) mass is 558 g/mol. The van der Waals surface area contributed by atoms with Gasteiger partial charge in [-0.3, -0.25) is 14.4 Å². The van der Waals surface area contributed by atoms with Crippen LogP contribution in [0.25, 0.3) is 0 Å². The number of Topliss-reactive ketones (excluding diaryl/α,β-unsaturated/α-hetero) is 1. The number of dihydropyridines is 1. The van der Waals surface area contributed by atoms with Crippen LogP contribution in [-0.2, 0) is 29.1 Å². The second kappa shape index (κ2) is 11.7. The lowest BCUT2D eigenvalue weighted by molar-refractivity contribution is -0.139. The van der Waals surface area contributed by atoms with Crippen LogP contribution < -0.4 is 15.9 Å². The van der Waals surface area contributed by atoms with Gasteiger partial charge in [0.1, 0.15) is 17.8 Å². The number of carbonyl (C=O) groups is 3. The molecule has 12 heteroatoms. The van der Waals surface area contributed by atoms with E-state index in [1.165, 1.54) is 24.5 Å². The number of hydrogen-bond acceptors (Lipinski definition) is 9. The summed E-state index contributed by atoms with van der Waals surface area (Å²) in [6.45, 7) is 7.14. The molecule has 3 N–H and O–H groups in total. The quantitative estimate of drug-likeness (QED) is 0.432. The first-order valence-corrected chi connectivity index (χ1v) is 14.5. The van der Waals surface area contributed by atoms with Gasteiger partial charge in [0, 0.05) is 24.0 Å². The molecule has 0 spiro atoms. The van der Waals surface area contributed by atoms with Crippen LogP contribution in [0.2, 0.25) is 1.41 Å². The number of nitrogens with one attached hydrogen (secondary N) is 3. The summed E-state index contributed by atoms with van der Waals surface area (Å²) in [6.07, 6.45) is 5.67. The van der Waals surface area contributed by atoms with Crippen molar-refractivity contribution < 1.29 is 29.0 Å². The number of hydrogen-bond donors (Lipinski definition) is 3. The Balaban J connectivity index is 1.69. The Hall–Kier alpha value is -3.51. The Labute approximate surface area is 230 Å². The Kier molecular flexibility index (Phi) is 8.12. The number of nitrogens with zero attached hydrogens (tertiary/aromatic N) is 2. The number of allylic oxidation sites excluding steroid dienone is 2. The van der Waals surface area contributed by atoms with Crippen LogP contribution in [0.5, 0.6) is 0 Å². The van der Waals surface area contributed by atoms with E-state index in [9.17, 15) is 22.8 Å². The number of amides is 2. The first kappa shape index (κ1) is 27.1. The van der Waals surface area contributed by atoms with E-state index >= 15 is 0 Å². The van der Waals surface area contributed by atoms with Gasteiger partial charge in [0.2, 0.25) is 0 Å². The molecule has 0 aromatic carbocycles. The summed E-state index contributed by atoms with van der Waals surface area (Å²) in [5.41, 5.74) is 0.912. The van der Waals surface area contributed by atoms with Gasteiger partial charge in [0.25, 0.3) is 21.8 Å². The number of aromatic nitrogens is 1. The Morgan fingerprint density at radius 3 is 2.74 bits per heavy atom. The van der Waals surface area contributed by atoms with Gasteiger partial charge in [-0.2, -0.15) is 8.42 Å². The highest BCUT2D eigenvalue weighted by atomic mass is 32.2. The van der Waals surface area contributed by atoms with Crippen molar-refractivity contribution in [3.63, 3.8) is 0 Å². The Bertz CT molecular complexity index is 1360. The van der Waals surface area contributed by atoms with Crippen LogP contribution in [0.15, 0.2) is 64.8 Å². The maximum absolute atomic E-state index is 14.2. The third-order valence-corrected chi connectivity index (χ3v) is 8.60. The average molecular weight is 559 g/mol. The molecule has 39 heavy (non-hydrogen) atoms. The topological polar surface area (TPSA) is 147 Å². The normalized spacial score (nSPS) is 24.4. The number of sulfonamides is 1. The molecule has 1 unspecified atom stereocenters. The molecule has 1 saturated heterocycles. The van der Waals surface area contributed by atoms with Crippen molar-refractivity contribution in [3.05, 3.63) is 59.8 Å². The van der Waals surface area contributed by atoms with Gasteiger partial charge in [-0.25, -0.2) is 9.29 Å². The van der Waals surface area contributed by atoms with Crippen molar-refractivity contribution in [2.75, 3.05) is 6.54 Å². The van der Waals surface area contributed by atoms with Crippen LogP contribution in [0, 0.1) is 5.92 Å². The van der Waals surface area contributed by atoms with Gasteiger partial charge in [0.05, 0.1) is 12.2 Å². The van der Waals surface area contributed by atoms with Gasteiger partial charge < -0.3 is 20.7 Å². The van der Waals surface area contributed by atoms with Crippen LogP contribution in [-0.4, -0.2) is 66.1 Å². The molecule has 1 aromatic heterocycles. The van der Waals surface area contributed by atoms with Crippen LogP contribution >= 0.6 is 0 Å². The smallest absolute Gasteiger partial charge is 0.284 e. The van der Waals surface area contributed by atoms with E-state index in [0.29, 0.717) is 27.8 Å². The van der Waals surface area contributed by atoms with E-state index in [0.717, 1.165) is 5.31 Å². The number of rotatable bonds is 8. The predicted octanol–water partition coefficient (Wildman–Crippen LogP) is 1.51. The van der Waals surface area contributed by atoms with E-state index in [2.05, 4.69) is 15.6 Å². The van der Waals surface area contributed by atoms with Crippen LogP contribution in [0.4, 0.5) is 0 Å². The van der Waals surface area contributed by atoms with Gasteiger partial charge in [-0.05, 0) is 63.3 Å². The van der Waals surface area contributed by atoms with Crippen molar-refractivity contribution in [2.24, 2.45) is 5.92 Å². The van der Waals surface area contributed by atoms with Crippen molar-refractivity contribution >= 4 is 27.6 Å². The Morgan fingerprint density at radius 2 is 2.08 bits per heavy atom. The van der Waals surface area contributed by atoms with Crippen molar-refractivity contribution in [1.82, 2.24) is 25.2 Å². The molecule has 4 heterocycles. The molecule has 0 bridgehead atoms. The number of fused-ring (bicyclic) bond motifs is 1. The highest BCUT2D eigenvalue weighted by Gasteiger charge is 2.45. The third kappa shape index (κ3) is 6.06. The highest BCUT2D eigenvalue weighted by Crippen LogP contribution is 2.31. The summed E-state index contributed by atoms with van der Waals surface area (Å²) < 4.78 is 42.3. The molecule has 11 nitrogen and oxygen atoms in total. The van der Waals surface area contributed by atoms with E-state index in [1.54, 1.807) is 25.1 Å².